The van der Waals surface area contributed by atoms with Gasteiger partial charge in [-0.05, 0) is 54.6 Å². The Bertz CT molecular complexity index is 810. The maximum absolute atomic E-state index is 10.8. The predicted octanol–water partition coefficient (Wildman–Crippen LogP) is 3.75. The normalized spacial score (nSPS) is 14.8. The summed E-state index contributed by atoms with van der Waals surface area (Å²) < 4.78 is 0. The Morgan fingerprint density at radius 2 is 1.85 bits per heavy atom. The zero-order chi connectivity index (χ0) is 18.4. The zero-order valence-electron chi connectivity index (χ0n) is 14.2. The largest absolute Gasteiger partial charge is 0.478 e. The number of benzene rings is 1. The van der Waals surface area contributed by atoms with Gasteiger partial charge in [-0.1, -0.05) is 0 Å². The van der Waals surface area contributed by atoms with E-state index in [2.05, 4.69) is 32.8 Å². The van der Waals surface area contributed by atoms with Crippen LogP contribution in [0.5, 0.6) is 0 Å². The third-order valence-corrected chi connectivity index (χ3v) is 4.41. The van der Waals surface area contributed by atoms with Gasteiger partial charge in [-0.3, -0.25) is 0 Å². The van der Waals surface area contributed by atoms with Crippen LogP contribution in [0.25, 0.3) is 5.70 Å². The van der Waals surface area contributed by atoms with Gasteiger partial charge in [0.2, 0.25) is 0 Å². The van der Waals surface area contributed by atoms with Gasteiger partial charge in [0.1, 0.15) is 5.82 Å². The van der Waals surface area contributed by atoms with Gasteiger partial charge in [0, 0.05) is 30.5 Å². The molecule has 2 heterocycles. The number of aromatic nitrogens is 1. The number of carbonyl (C=O) groups is 1. The van der Waals surface area contributed by atoms with Crippen LogP contribution < -0.4 is 10.2 Å². The molecule has 0 amide bonds. The van der Waals surface area contributed by atoms with Crippen LogP contribution in [0, 0.1) is 0 Å². The molecule has 1 aliphatic heterocycles. The quantitative estimate of drug-likeness (QED) is 0.411. The van der Waals surface area contributed by atoms with Gasteiger partial charge in [0.25, 0.3) is 0 Å². The molecule has 1 aromatic carbocycles. The molecular formula is C19H20N4O2S. The molecule has 0 radical (unpaired) electrons. The van der Waals surface area contributed by atoms with E-state index in [4.69, 9.17) is 5.11 Å². The molecule has 0 saturated carbocycles. The molecule has 0 bridgehead atoms. The van der Waals surface area contributed by atoms with E-state index in [0.717, 1.165) is 30.2 Å². The van der Waals surface area contributed by atoms with Crippen molar-refractivity contribution in [2.24, 2.45) is 4.99 Å². The fourth-order valence-electron chi connectivity index (χ4n) is 2.74. The van der Waals surface area contributed by atoms with Gasteiger partial charge in [-0.2, -0.15) is 0 Å². The van der Waals surface area contributed by atoms with E-state index in [1.54, 1.807) is 30.1 Å². The lowest BCUT2D eigenvalue weighted by atomic mass is 10.2. The molecule has 1 aliphatic rings. The van der Waals surface area contributed by atoms with Crippen molar-refractivity contribution in [1.29, 1.82) is 0 Å². The minimum Gasteiger partial charge on any atom is -0.478 e. The number of aliphatic imine (C=N–C) groups is 1. The van der Waals surface area contributed by atoms with E-state index in [9.17, 15) is 4.79 Å². The van der Waals surface area contributed by atoms with Crippen molar-refractivity contribution in [3.05, 3.63) is 59.1 Å². The Morgan fingerprint density at radius 1 is 1.15 bits per heavy atom. The first-order valence-corrected chi connectivity index (χ1v) is 8.87. The summed E-state index contributed by atoms with van der Waals surface area (Å²) in [7, 11) is 0. The number of carboxylic acid groups (broad SMARTS) is 1. The fourth-order valence-corrected chi connectivity index (χ4v) is 2.95. The second-order valence-corrected chi connectivity index (χ2v) is 6.16. The van der Waals surface area contributed by atoms with Crippen molar-refractivity contribution in [3.63, 3.8) is 0 Å². The van der Waals surface area contributed by atoms with Crippen LogP contribution in [-0.4, -0.2) is 35.5 Å². The number of anilines is 2. The van der Waals surface area contributed by atoms with Crippen molar-refractivity contribution in [2.45, 2.75) is 12.8 Å². The maximum Gasteiger partial charge on any atom is 0.335 e. The van der Waals surface area contributed by atoms with Gasteiger partial charge in [-0.25, -0.2) is 14.8 Å². The molecule has 26 heavy (non-hydrogen) atoms. The van der Waals surface area contributed by atoms with Crippen LogP contribution in [0.1, 0.15) is 28.8 Å². The number of carboxylic acids is 1. The van der Waals surface area contributed by atoms with Crippen molar-refractivity contribution in [2.75, 3.05) is 23.3 Å². The Balaban J connectivity index is 1.63. The van der Waals surface area contributed by atoms with Crippen LogP contribution in [0.15, 0.2) is 53.0 Å². The second-order valence-electron chi connectivity index (χ2n) is 5.90. The first-order valence-electron chi connectivity index (χ1n) is 8.35. The molecular weight excluding hydrogens is 348 g/mol. The van der Waals surface area contributed by atoms with Crippen LogP contribution in [0.2, 0.25) is 0 Å². The highest BCUT2D eigenvalue weighted by Crippen LogP contribution is 2.21. The third kappa shape index (κ3) is 4.43. The highest BCUT2D eigenvalue weighted by Gasteiger charge is 2.13. The van der Waals surface area contributed by atoms with Gasteiger partial charge in [-0.15, -0.1) is 12.6 Å². The molecule has 7 heteroatoms. The third-order valence-electron chi connectivity index (χ3n) is 4.16. The lowest BCUT2D eigenvalue weighted by Gasteiger charge is -2.16. The minimum absolute atomic E-state index is 0.243. The number of rotatable bonds is 6. The van der Waals surface area contributed by atoms with Crippen molar-refractivity contribution in [1.82, 2.24) is 4.98 Å². The van der Waals surface area contributed by atoms with E-state index in [1.807, 2.05) is 12.1 Å². The number of hydrogen-bond acceptors (Lipinski definition) is 5. The first kappa shape index (κ1) is 18.0. The van der Waals surface area contributed by atoms with E-state index in [0.29, 0.717) is 5.70 Å². The minimum atomic E-state index is -0.949. The molecule has 1 saturated heterocycles. The lowest BCUT2D eigenvalue weighted by molar-refractivity contribution is 0.0697. The molecule has 0 unspecified atom stereocenters. The smallest absolute Gasteiger partial charge is 0.335 e. The molecule has 1 aromatic heterocycles. The number of nitrogens with zero attached hydrogens (tertiary/aromatic N) is 3. The SMILES string of the molecule is O=C(O)c1ccc(NC=N/C(=C\S)c2ccc(N3CCCC3)nc2)cc1. The second kappa shape index (κ2) is 8.53. The standard InChI is InChI=1S/C19H20N4O2S/c24-19(25)14-3-6-16(7-4-14)21-13-22-17(12-26)15-5-8-18(20-11-15)23-9-1-2-10-23/h3-8,11-13,26H,1-2,9-10H2,(H,21,22)(H,24,25)/b17-12-. The number of pyridine rings is 1. The van der Waals surface area contributed by atoms with Gasteiger partial charge >= 0.3 is 5.97 Å². The van der Waals surface area contributed by atoms with E-state index in [1.165, 1.54) is 25.0 Å². The summed E-state index contributed by atoms with van der Waals surface area (Å²) >= 11 is 4.23. The Morgan fingerprint density at radius 3 is 2.42 bits per heavy atom. The van der Waals surface area contributed by atoms with E-state index >= 15 is 0 Å². The zero-order valence-corrected chi connectivity index (χ0v) is 15.1. The Hall–Kier alpha value is -2.80. The highest BCUT2D eigenvalue weighted by molar-refractivity contribution is 7.83. The number of aromatic carboxylic acids is 1. The van der Waals surface area contributed by atoms with Crippen LogP contribution >= 0.6 is 12.6 Å². The fraction of sp³-hybridized carbons (Fsp3) is 0.211. The van der Waals surface area contributed by atoms with Crippen molar-refractivity contribution >= 4 is 42.1 Å². The maximum atomic E-state index is 10.8. The molecule has 2 N–H and O–H groups in total. The molecule has 134 valence electrons. The van der Waals surface area contributed by atoms with Crippen molar-refractivity contribution < 1.29 is 9.90 Å². The summed E-state index contributed by atoms with van der Waals surface area (Å²) in [6.45, 7) is 2.12. The Labute approximate surface area is 157 Å². The molecule has 6 nitrogen and oxygen atoms in total. The van der Waals surface area contributed by atoms with Gasteiger partial charge in [0.15, 0.2) is 0 Å². The number of nitrogens with one attached hydrogen (secondary N) is 1. The topological polar surface area (TPSA) is 77.8 Å². The molecule has 0 atom stereocenters. The summed E-state index contributed by atoms with van der Waals surface area (Å²) in [4.78, 5) is 22.0. The summed E-state index contributed by atoms with van der Waals surface area (Å²) in [5.74, 6) is 0.0424. The molecule has 0 spiro atoms. The number of hydrogen-bond donors (Lipinski definition) is 3. The Kier molecular flexibility index (Phi) is 5.91. The average Bonchev–Trinajstić information content (AvgIpc) is 3.21. The lowest BCUT2D eigenvalue weighted by Crippen LogP contribution is -2.18. The van der Waals surface area contributed by atoms with Crippen LogP contribution in [0.4, 0.5) is 11.5 Å². The summed E-state index contributed by atoms with van der Waals surface area (Å²) in [5, 5.41) is 13.5. The monoisotopic (exact) mass is 368 g/mol. The van der Waals surface area contributed by atoms with Crippen molar-refractivity contribution in [3.8, 4) is 0 Å². The molecule has 2 aromatic rings. The van der Waals surface area contributed by atoms with E-state index in [-0.39, 0.29) is 5.56 Å². The van der Waals surface area contributed by atoms with E-state index < -0.39 is 5.97 Å². The highest BCUT2D eigenvalue weighted by atomic mass is 32.1. The predicted molar refractivity (Wildman–Crippen MR) is 108 cm³/mol. The van der Waals surface area contributed by atoms with Crippen LogP contribution in [0.3, 0.4) is 0 Å². The molecule has 1 fully saturated rings. The average molecular weight is 368 g/mol. The number of thiol groups is 1. The van der Waals surface area contributed by atoms with Crippen LogP contribution in [-0.2, 0) is 0 Å². The molecule has 0 aliphatic carbocycles. The summed E-state index contributed by atoms with van der Waals surface area (Å²) in [6.07, 6.45) is 5.78. The summed E-state index contributed by atoms with van der Waals surface area (Å²) in [5.41, 5.74) is 2.55. The van der Waals surface area contributed by atoms with Gasteiger partial charge in [0.05, 0.1) is 17.6 Å². The summed E-state index contributed by atoms with van der Waals surface area (Å²) in [6, 6.07) is 10.4. The van der Waals surface area contributed by atoms with Gasteiger partial charge < -0.3 is 15.3 Å². The molecule has 3 rings (SSSR count). The first-order chi connectivity index (χ1) is 12.7.